The molecule has 43 heavy (non-hydrogen) atoms. The predicted molar refractivity (Wildman–Crippen MR) is 187 cm³/mol. The molecular weight excluding hydrogens is 750 g/mol. The summed E-state index contributed by atoms with van der Waals surface area (Å²) < 4.78 is 13.4. The van der Waals surface area contributed by atoms with Gasteiger partial charge in [0.25, 0.3) is 0 Å². The standard InChI is InChI=1S/C20H38O5.2C8H17.2Sn/c1-16(2)11-7-5-9-13-24-19(22)15-18(21)20(23)25-14-10-6-8-12-17(3)4;2*1-3-5-7-8-6-4-2;;/h16-18,21H,5-15H2,1-4H3;2*1,3-8H2,2H3;;. The Morgan fingerprint density at radius 1 is 0.581 bits per heavy atom. The van der Waals surface area contributed by atoms with Crippen molar-refractivity contribution in [1.29, 1.82) is 0 Å². The van der Waals surface area contributed by atoms with Gasteiger partial charge in [0.05, 0.1) is 19.6 Å². The quantitative estimate of drug-likeness (QED) is 0.0462. The summed E-state index contributed by atoms with van der Waals surface area (Å²) in [4.78, 5) is 23.2. The summed E-state index contributed by atoms with van der Waals surface area (Å²) in [7, 11) is 0. The zero-order chi connectivity index (χ0) is 31.7. The van der Waals surface area contributed by atoms with Gasteiger partial charge in [-0.25, -0.2) is 4.79 Å². The first kappa shape index (κ1) is 47.9. The molecule has 0 aliphatic rings. The Balaban J connectivity index is -0.000000779. The van der Waals surface area contributed by atoms with E-state index >= 15 is 0 Å². The summed E-state index contributed by atoms with van der Waals surface area (Å²) in [5, 5.41) is 9.69. The van der Waals surface area contributed by atoms with E-state index in [0.29, 0.717) is 25.0 Å². The Morgan fingerprint density at radius 3 is 1.42 bits per heavy atom. The monoisotopic (exact) mass is 824 g/mol. The van der Waals surface area contributed by atoms with E-state index < -0.39 is 18.0 Å². The van der Waals surface area contributed by atoms with E-state index in [1.54, 1.807) is 21.7 Å². The number of aliphatic hydroxyl groups is 1. The van der Waals surface area contributed by atoms with Crippen LogP contribution in [0.5, 0.6) is 0 Å². The molecule has 0 heterocycles. The molecule has 0 spiro atoms. The number of carbonyl (C=O) groups is 2. The van der Waals surface area contributed by atoms with Gasteiger partial charge in [-0.2, -0.15) is 0 Å². The zero-order valence-electron chi connectivity index (χ0n) is 29.5. The summed E-state index contributed by atoms with van der Waals surface area (Å²) in [5.74, 6) is 0.0903. The third-order valence-electron chi connectivity index (χ3n) is 7.41. The van der Waals surface area contributed by atoms with Gasteiger partial charge in [-0.05, 0) is 24.7 Å². The minimum absolute atomic E-state index is 0. The third-order valence-corrected chi connectivity index (χ3v) is 11.4. The summed E-state index contributed by atoms with van der Waals surface area (Å²) >= 11 is 0.0736. The molecule has 0 aliphatic carbocycles. The molecule has 6 radical (unpaired) electrons. The van der Waals surface area contributed by atoms with E-state index in [1.165, 1.54) is 77.0 Å². The molecule has 254 valence electrons. The summed E-state index contributed by atoms with van der Waals surface area (Å²) in [6.45, 7) is 14.0. The Morgan fingerprint density at radius 2 is 0.977 bits per heavy atom. The number of carbonyl (C=O) groups excluding carboxylic acids is 2. The summed E-state index contributed by atoms with van der Waals surface area (Å²) in [6, 6.07) is 0. The number of rotatable bonds is 29. The fourth-order valence-electron chi connectivity index (χ4n) is 4.60. The molecule has 5 nitrogen and oxygen atoms in total. The van der Waals surface area contributed by atoms with Crippen LogP contribution < -0.4 is 0 Å². The Hall–Kier alpha value is 0.497. The predicted octanol–water partition coefficient (Wildman–Crippen LogP) is 10.1. The molecule has 1 atom stereocenters. The molecule has 1 N–H and O–H groups in total. The average Bonchev–Trinajstić information content (AvgIpc) is 2.95. The van der Waals surface area contributed by atoms with Crippen LogP contribution in [0, 0.1) is 11.8 Å². The van der Waals surface area contributed by atoms with Crippen LogP contribution >= 0.6 is 0 Å². The largest absolute Gasteiger partial charge is 0 e. The third kappa shape index (κ3) is 42.5. The van der Waals surface area contributed by atoms with Crippen molar-refractivity contribution >= 4 is 57.0 Å². The van der Waals surface area contributed by atoms with E-state index in [2.05, 4.69) is 41.5 Å². The second-order valence-electron chi connectivity index (χ2n) is 12.9. The van der Waals surface area contributed by atoms with Crippen molar-refractivity contribution in [3.05, 3.63) is 0 Å². The smallest absolute Gasteiger partial charge is 0 e. The van der Waals surface area contributed by atoms with E-state index in [1.807, 2.05) is 0 Å². The fraction of sp³-hybridized carbons (Fsp3) is 0.944. The number of esters is 2. The molecule has 0 aromatic carbocycles. The van der Waals surface area contributed by atoms with Crippen molar-refractivity contribution in [3.63, 3.8) is 0 Å². The van der Waals surface area contributed by atoms with Crippen LogP contribution in [0.2, 0.25) is 8.87 Å². The van der Waals surface area contributed by atoms with Gasteiger partial charge < -0.3 is 14.6 Å². The first-order valence-corrected chi connectivity index (χ1v) is 22.0. The van der Waals surface area contributed by atoms with Crippen molar-refractivity contribution < 1.29 is 24.2 Å². The Kier molecular flexibility index (Phi) is 43.1. The van der Waals surface area contributed by atoms with E-state index in [0.717, 1.165) is 38.5 Å². The molecule has 7 heteroatoms. The van der Waals surface area contributed by atoms with Gasteiger partial charge >= 0.3 is 133 Å². The molecule has 0 rings (SSSR count). The van der Waals surface area contributed by atoms with E-state index in [-0.39, 0.29) is 51.5 Å². The molecule has 1 unspecified atom stereocenters. The molecule has 0 amide bonds. The van der Waals surface area contributed by atoms with Crippen LogP contribution in [-0.4, -0.2) is 81.4 Å². The normalized spacial score (nSPS) is 11.6. The van der Waals surface area contributed by atoms with Gasteiger partial charge in [0, 0.05) is 23.9 Å². The fourth-order valence-corrected chi connectivity index (χ4v) is 8.17. The van der Waals surface area contributed by atoms with Crippen molar-refractivity contribution in [3.8, 4) is 0 Å². The second-order valence-corrected chi connectivity index (χ2v) is 17.2. The molecule has 0 saturated carbocycles. The zero-order valence-corrected chi connectivity index (χ0v) is 35.2. The van der Waals surface area contributed by atoms with Gasteiger partial charge in [-0.1, -0.05) is 66.2 Å². The first-order chi connectivity index (χ1) is 20.2. The maximum absolute atomic E-state index is 11.6. The van der Waals surface area contributed by atoms with Crippen LogP contribution in [0.25, 0.3) is 0 Å². The van der Waals surface area contributed by atoms with E-state index in [4.69, 9.17) is 9.47 Å². The molecule has 0 bridgehead atoms. The topological polar surface area (TPSA) is 72.8 Å². The molecule has 0 aromatic rings. The maximum Gasteiger partial charge on any atom is 0 e. The average molecular weight is 822 g/mol. The van der Waals surface area contributed by atoms with Crippen LogP contribution in [0.4, 0.5) is 0 Å². The van der Waals surface area contributed by atoms with Crippen LogP contribution in [0.1, 0.15) is 176 Å². The minimum atomic E-state index is -1.43. The minimum Gasteiger partial charge on any atom is 0 e. The molecule has 0 aliphatic heterocycles. The van der Waals surface area contributed by atoms with Crippen LogP contribution in [-0.2, 0) is 19.1 Å². The van der Waals surface area contributed by atoms with Crippen LogP contribution in [0.15, 0.2) is 0 Å². The number of hydrogen-bond donors (Lipinski definition) is 1. The van der Waals surface area contributed by atoms with Crippen molar-refractivity contribution in [1.82, 2.24) is 0 Å². The van der Waals surface area contributed by atoms with Gasteiger partial charge in [0.2, 0.25) is 0 Å². The van der Waals surface area contributed by atoms with Gasteiger partial charge in [0.15, 0.2) is 6.10 Å². The van der Waals surface area contributed by atoms with Crippen molar-refractivity contribution in [2.75, 3.05) is 13.2 Å². The van der Waals surface area contributed by atoms with E-state index in [9.17, 15) is 14.7 Å². The first-order valence-electron chi connectivity index (χ1n) is 17.9. The number of unbranched alkanes of at least 4 members (excludes halogenated alkanes) is 14. The second kappa shape index (κ2) is 38.7. The number of aliphatic hydroxyl groups excluding tert-OH is 1. The molecule has 0 saturated heterocycles. The van der Waals surface area contributed by atoms with Gasteiger partial charge in [0.1, 0.15) is 0 Å². The molecular formula is C36H72O5Sn2. The van der Waals surface area contributed by atoms with Gasteiger partial charge in [-0.15, -0.1) is 0 Å². The SMILES string of the molecule is CC(C)CCCCCOC(=O)CC(O)C(=O)OCCCCCC(C)C.CCCCCCC[CH2][Sn][CH2]CCCCCCC.[Sn]. The Bertz CT molecular complexity index is 558. The maximum atomic E-state index is 11.6. The number of ether oxygens (including phenoxy) is 2. The molecule has 0 fully saturated rings. The van der Waals surface area contributed by atoms with Gasteiger partial charge in [-0.3, -0.25) is 4.79 Å². The Labute approximate surface area is 295 Å². The summed E-state index contributed by atoms with van der Waals surface area (Å²) in [6.07, 6.45) is 24.3. The van der Waals surface area contributed by atoms with Crippen LogP contribution in [0.3, 0.4) is 0 Å². The van der Waals surface area contributed by atoms with Crippen molar-refractivity contribution in [2.45, 2.75) is 191 Å². The number of hydrogen-bond acceptors (Lipinski definition) is 5. The molecule has 0 aromatic heterocycles. The van der Waals surface area contributed by atoms with Crippen molar-refractivity contribution in [2.24, 2.45) is 11.8 Å². The summed E-state index contributed by atoms with van der Waals surface area (Å²) in [5.41, 5.74) is 0.